The van der Waals surface area contributed by atoms with Crippen LogP contribution in [0.3, 0.4) is 0 Å². The standard InChI is InChI=1S/C16H25NO3S/c1-12(2)20-15-7-9-17(10-8-15)21(18,19)16-6-5-13(3)11-14(16)4/h5-6,11-12,15H,7-10H2,1-4H3. The lowest BCUT2D eigenvalue weighted by Crippen LogP contribution is -2.41. The monoisotopic (exact) mass is 311 g/mol. The van der Waals surface area contributed by atoms with Crippen LogP contribution in [-0.4, -0.2) is 38.0 Å². The predicted octanol–water partition coefficient (Wildman–Crippen LogP) is 2.88. The molecule has 4 nitrogen and oxygen atoms in total. The minimum absolute atomic E-state index is 0.176. The summed E-state index contributed by atoms with van der Waals surface area (Å²) >= 11 is 0. The van der Waals surface area contributed by atoms with Gasteiger partial charge in [-0.25, -0.2) is 8.42 Å². The molecule has 1 fully saturated rings. The maximum Gasteiger partial charge on any atom is 0.243 e. The van der Waals surface area contributed by atoms with E-state index >= 15 is 0 Å². The largest absolute Gasteiger partial charge is 0.375 e. The summed E-state index contributed by atoms with van der Waals surface area (Å²) in [5.74, 6) is 0. The topological polar surface area (TPSA) is 46.6 Å². The first-order valence-electron chi connectivity index (χ1n) is 7.53. The van der Waals surface area contributed by atoms with Crippen molar-refractivity contribution in [3.63, 3.8) is 0 Å². The van der Waals surface area contributed by atoms with E-state index in [1.165, 1.54) is 0 Å². The molecule has 1 aromatic rings. The number of benzene rings is 1. The molecule has 2 rings (SSSR count). The van der Waals surface area contributed by atoms with E-state index in [4.69, 9.17) is 4.74 Å². The molecule has 0 spiro atoms. The number of sulfonamides is 1. The van der Waals surface area contributed by atoms with E-state index < -0.39 is 10.0 Å². The van der Waals surface area contributed by atoms with Gasteiger partial charge in [0.2, 0.25) is 10.0 Å². The van der Waals surface area contributed by atoms with E-state index in [1.54, 1.807) is 10.4 Å². The SMILES string of the molecule is Cc1ccc(S(=O)(=O)N2CCC(OC(C)C)CC2)c(C)c1. The molecule has 0 saturated carbocycles. The highest BCUT2D eigenvalue weighted by Gasteiger charge is 2.30. The number of nitrogens with zero attached hydrogens (tertiary/aromatic N) is 1. The van der Waals surface area contributed by atoms with E-state index in [-0.39, 0.29) is 12.2 Å². The van der Waals surface area contributed by atoms with Crippen LogP contribution in [0.1, 0.15) is 37.8 Å². The van der Waals surface area contributed by atoms with Crippen LogP contribution in [0.25, 0.3) is 0 Å². The first-order chi connectivity index (χ1) is 9.80. The Kier molecular flexibility index (Phi) is 5.07. The van der Waals surface area contributed by atoms with Crippen molar-refractivity contribution in [1.82, 2.24) is 4.31 Å². The molecule has 21 heavy (non-hydrogen) atoms. The number of rotatable bonds is 4. The zero-order valence-electron chi connectivity index (χ0n) is 13.3. The average Bonchev–Trinajstić information content (AvgIpc) is 2.38. The Labute approximate surface area is 128 Å². The Hall–Kier alpha value is -0.910. The van der Waals surface area contributed by atoms with Gasteiger partial charge in [0.05, 0.1) is 17.1 Å². The van der Waals surface area contributed by atoms with Gasteiger partial charge in [-0.1, -0.05) is 17.7 Å². The van der Waals surface area contributed by atoms with Gasteiger partial charge >= 0.3 is 0 Å². The lowest BCUT2D eigenvalue weighted by molar-refractivity contribution is -0.0168. The number of piperidine rings is 1. The third kappa shape index (κ3) is 3.84. The second-order valence-electron chi connectivity index (χ2n) is 6.06. The molecule has 0 N–H and O–H groups in total. The summed E-state index contributed by atoms with van der Waals surface area (Å²) in [7, 11) is -3.38. The van der Waals surface area contributed by atoms with Crippen molar-refractivity contribution >= 4 is 10.0 Å². The molecule has 0 radical (unpaired) electrons. The normalized spacial score (nSPS) is 18.3. The smallest absolute Gasteiger partial charge is 0.243 e. The zero-order chi connectivity index (χ0) is 15.6. The number of aryl methyl sites for hydroxylation is 2. The van der Waals surface area contributed by atoms with E-state index in [0.29, 0.717) is 18.0 Å². The Morgan fingerprint density at radius 2 is 1.81 bits per heavy atom. The van der Waals surface area contributed by atoms with Gasteiger partial charge in [0.15, 0.2) is 0 Å². The molecule has 1 aliphatic heterocycles. The fourth-order valence-corrected chi connectivity index (χ4v) is 4.50. The van der Waals surface area contributed by atoms with Crippen molar-refractivity contribution in [3.8, 4) is 0 Å². The summed E-state index contributed by atoms with van der Waals surface area (Å²) in [5, 5.41) is 0. The predicted molar refractivity (Wildman–Crippen MR) is 83.9 cm³/mol. The van der Waals surface area contributed by atoms with Crippen LogP contribution in [-0.2, 0) is 14.8 Å². The van der Waals surface area contributed by atoms with Crippen molar-refractivity contribution in [2.45, 2.75) is 57.6 Å². The molecule has 0 bridgehead atoms. The highest BCUT2D eigenvalue weighted by atomic mass is 32.2. The summed E-state index contributed by atoms with van der Waals surface area (Å²) in [6.07, 6.45) is 1.90. The van der Waals surface area contributed by atoms with Gasteiger partial charge in [-0.05, 0) is 52.2 Å². The Morgan fingerprint density at radius 3 is 2.33 bits per heavy atom. The molecule has 1 aliphatic rings. The zero-order valence-corrected chi connectivity index (χ0v) is 14.1. The maximum absolute atomic E-state index is 12.7. The van der Waals surface area contributed by atoms with Gasteiger partial charge in [-0.15, -0.1) is 0 Å². The molecule has 1 saturated heterocycles. The quantitative estimate of drug-likeness (QED) is 0.859. The van der Waals surface area contributed by atoms with Crippen molar-refractivity contribution in [2.75, 3.05) is 13.1 Å². The molecule has 118 valence electrons. The highest BCUT2D eigenvalue weighted by molar-refractivity contribution is 7.89. The average molecular weight is 311 g/mol. The van der Waals surface area contributed by atoms with E-state index in [2.05, 4.69) is 0 Å². The number of ether oxygens (including phenoxy) is 1. The molecule has 0 unspecified atom stereocenters. The van der Waals surface area contributed by atoms with Crippen LogP contribution in [0.15, 0.2) is 23.1 Å². The second kappa shape index (κ2) is 6.46. The van der Waals surface area contributed by atoms with Gasteiger partial charge in [-0.2, -0.15) is 4.31 Å². The number of hydrogen-bond acceptors (Lipinski definition) is 3. The maximum atomic E-state index is 12.7. The second-order valence-corrected chi connectivity index (χ2v) is 7.96. The van der Waals surface area contributed by atoms with E-state index in [0.717, 1.165) is 24.0 Å². The van der Waals surface area contributed by atoms with Crippen LogP contribution >= 0.6 is 0 Å². The highest BCUT2D eigenvalue weighted by Crippen LogP contribution is 2.25. The van der Waals surface area contributed by atoms with Crippen LogP contribution in [0.4, 0.5) is 0 Å². The van der Waals surface area contributed by atoms with Crippen LogP contribution < -0.4 is 0 Å². The molecule has 0 aromatic heterocycles. The minimum atomic E-state index is -3.38. The van der Waals surface area contributed by atoms with Gasteiger partial charge in [0, 0.05) is 13.1 Å². The van der Waals surface area contributed by atoms with Gasteiger partial charge in [0.1, 0.15) is 0 Å². The van der Waals surface area contributed by atoms with E-state index in [9.17, 15) is 8.42 Å². The van der Waals surface area contributed by atoms with Crippen molar-refractivity contribution in [1.29, 1.82) is 0 Å². The molecule has 1 aromatic carbocycles. The van der Waals surface area contributed by atoms with Crippen LogP contribution in [0.5, 0.6) is 0 Å². The lowest BCUT2D eigenvalue weighted by atomic mass is 10.1. The molecule has 0 amide bonds. The summed E-state index contributed by atoms with van der Waals surface area (Å²) in [4.78, 5) is 0.427. The van der Waals surface area contributed by atoms with Crippen LogP contribution in [0, 0.1) is 13.8 Å². The summed E-state index contributed by atoms with van der Waals surface area (Å²) < 4.78 is 32.8. The van der Waals surface area contributed by atoms with E-state index in [1.807, 2.05) is 39.8 Å². The Bertz CT molecular complexity index is 588. The Morgan fingerprint density at radius 1 is 1.19 bits per heavy atom. The van der Waals surface area contributed by atoms with Crippen LogP contribution in [0.2, 0.25) is 0 Å². The Balaban J connectivity index is 2.11. The molecule has 0 aliphatic carbocycles. The third-order valence-electron chi connectivity index (χ3n) is 3.81. The van der Waals surface area contributed by atoms with Crippen molar-refractivity contribution in [3.05, 3.63) is 29.3 Å². The van der Waals surface area contributed by atoms with Gasteiger partial charge < -0.3 is 4.74 Å². The molecule has 0 atom stereocenters. The molecule has 1 heterocycles. The number of hydrogen-bond donors (Lipinski definition) is 0. The lowest BCUT2D eigenvalue weighted by Gasteiger charge is -2.32. The van der Waals surface area contributed by atoms with Crippen molar-refractivity contribution < 1.29 is 13.2 Å². The van der Waals surface area contributed by atoms with Gasteiger partial charge in [-0.3, -0.25) is 0 Å². The molecular formula is C16H25NO3S. The minimum Gasteiger partial charge on any atom is -0.375 e. The summed E-state index contributed by atoms with van der Waals surface area (Å²) in [6, 6.07) is 5.49. The fraction of sp³-hybridized carbons (Fsp3) is 0.625. The summed E-state index contributed by atoms with van der Waals surface area (Å²) in [5.41, 5.74) is 1.89. The summed E-state index contributed by atoms with van der Waals surface area (Å²) in [6.45, 7) is 8.92. The molecule has 5 heteroatoms. The molecular weight excluding hydrogens is 286 g/mol. The van der Waals surface area contributed by atoms with Crippen molar-refractivity contribution in [2.24, 2.45) is 0 Å². The first-order valence-corrected chi connectivity index (χ1v) is 8.97. The first kappa shape index (κ1) is 16.5. The fourth-order valence-electron chi connectivity index (χ4n) is 2.82. The van der Waals surface area contributed by atoms with Gasteiger partial charge in [0.25, 0.3) is 0 Å². The third-order valence-corrected chi connectivity index (χ3v) is 5.87.